The molecule has 1 amide bonds. The van der Waals surface area contributed by atoms with Gasteiger partial charge in [-0.2, -0.15) is 0 Å². The number of carbonyl (C=O) groups is 1. The normalized spacial score (nSPS) is 24.1. The number of ether oxygens (including phenoxy) is 1. The maximum atomic E-state index is 12.3. The van der Waals surface area contributed by atoms with Crippen LogP contribution in [-0.2, 0) is 9.53 Å². The summed E-state index contributed by atoms with van der Waals surface area (Å²) in [5.41, 5.74) is 1.39. The van der Waals surface area contributed by atoms with Crippen LogP contribution in [0, 0.1) is 0 Å². The summed E-state index contributed by atoms with van der Waals surface area (Å²) >= 11 is 3.47. The highest BCUT2D eigenvalue weighted by molar-refractivity contribution is 9.10. The van der Waals surface area contributed by atoms with Gasteiger partial charge in [0.05, 0.1) is 0 Å². The highest BCUT2D eigenvalue weighted by Gasteiger charge is 2.31. The summed E-state index contributed by atoms with van der Waals surface area (Å²) in [5.74, 6) is 0.786. The first-order valence-electron chi connectivity index (χ1n) is 7.40. The van der Waals surface area contributed by atoms with E-state index in [1.165, 1.54) is 5.56 Å². The first-order chi connectivity index (χ1) is 9.74. The second kappa shape index (κ2) is 6.27. The van der Waals surface area contributed by atoms with Crippen molar-refractivity contribution in [2.75, 3.05) is 19.7 Å². The monoisotopic (exact) mass is 337 g/mol. The van der Waals surface area contributed by atoms with E-state index in [1.54, 1.807) is 0 Å². The lowest BCUT2D eigenvalue weighted by Crippen LogP contribution is -2.43. The first-order valence-corrected chi connectivity index (χ1v) is 8.19. The third kappa shape index (κ3) is 3.07. The summed E-state index contributed by atoms with van der Waals surface area (Å²) in [6.45, 7) is 2.46. The number of likely N-dealkylation sites (tertiary alicyclic amines) is 1. The summed E-state index contributed by atoms with van der Waals surface area (Å²) in [6, 6.07) is 8.57. The molecule has 4 heteroatoms. The van der Waals surface area contributed by atoms with Gasteiger partial charge in [-0.1, -0.05) is 28.1 Å². The SMILES string of the molecule is O=C(C1CCCO1)N1CCC(c2ccc(Br)cc2)CC1. The van der Waals surface area contributed by atoms with Crippen molar-refractivity contribution in [3.8, 4) is 0 Å². The highest BCUT2D eigenvalue weighted by atomic mass is 79.9. The minimum atomic E-state index is -0.167. The Labute approximate surface area is 128 Å². The number of piperidine rings is 1. The molecule has 108 valence electrons. The van der Waals surface area contributed by atoms with Crippen molar-refractivity contribution in [3.63, 3.8) is 0 Å². The van der Waals surface area contributed by atoms with E-state index in [0.717, 1.165) is 49.9 Å². The van der Waals surface area contributed by atoms with Gasteiger partial charge in [0.25, 0.3) is 5.91 Å². The molecule has 0 aliphatic carbocycles. The smallest absolute Gasteiger partial charge is 0.251 e. The quantitative estimate of drug-likeness (QED) is 0.828. The van der Waals surface area contributed by atoms with Crippen LogP contribution in [0.2, 0.25) is 0 Å². The molecule has 0 saturated carbocycles. The molecule has 2 aliphatic rings. The van der Waals surface area contributed by atoms with Crippen molar-refractivity contribution in [1.82, 2.24) is 4.90 Å². The number of nitrogens with zero attached hydrogens (tertiary/aromatic N) is 1. The topological polar surface area (TPSA) is 29.5 Å². The number of hydrogen-bond donors (Lipinski definition) is 0. The Hall–Kier alpha value is -0.870. The molecular formula is C16H20BrNO2. The molecule has 0 radical (unpaired) electrons. The predicted octanol–water partition coefficient (Wildman–Crippen LogP) is 3.33. The molecule has 2 fully saturated rings. The zero-order chi connectivity index (χ0) is 13.9. The molecule has 20 heavy (non-hydrogen) atoms. The van der Waals surface area contributed by atoms with Crippen LogP contribution in [-0.4, -0.2) is 36.6 Å². The molecule has 2 saturated heterocycles. The Balaban J connectivity index is 1.56. The zero-order valence-corrected chi connectivity index (χ0v) is 13.1. The average molecular weight is 338 g/mol. The molecule has 2 aliphatic heterocycles. The van der Waals surface area contributed by atoms with Crippen molar-refractivity contribution in [2.45, 2.75) is 37.7 Å². The van der Waals surface area contributed by atoms with E-state index >= 15 is 0 Å². The van der Waals surface area contributed by atoms with E-state index in [9.17, 15) is 4.79 Å². The molecule has 0 aromatic heterocycles. The van der Waals surface area contributed by atoms with E-state index in [4.69, 9.17) is 4.74 Å². The molecule has 2 heterocycles. The Morgan fingerprint density at radius 3 is 2.45 bits per heavy atom. The lowest BCUT2D eigenvalue weighted by molar-refractivity contribution is -0.142. The van der Waals surface area contributed by atoms with Crippen LogP contribution in [0.4, 0.5) is 0 Å². The van der Waals surface area contributed by atoms with Crippen LogP contribution < -0.4 is 0 Å². The number of amides is 1. The maximum absolute atomic E-state index is 12.3. The van der Waals surface area contributed by atoms with Gasteiger partial charge in [-0.05, 0) is 49.3 Å². The fourth-order valence-corrected chi connectivity index (χ4v) is 3.41. The molecule has 3 nitrogen and oxygen atoms in total. The minimum Gasteiger partial charge on any atom is -0.368 e. The van der Waals surface area contributed by atoms with Gasteiger partial charge in [-0.15, -0.1) is 0 Å². The molecular weight excluding hydrogens is 318 g/mol. The average Bonchev–Trinajstić information content (AvgIpc) is 3.02. The van der Waals surface area contributed by atoms with Gasteiger partial charge in [0.2, 0.25) is 0 Å². The van der Waals surface area contributed by atoms with Crippen molar-refractivity contribution >= 4 is 21.8 Å². The van der Waals surface area contributed by atoms with Crippen LogP contribution in [0.25, 0.3) is 0 Å². The number of carbonyl (C=O) groups excluding carboxylic acids is 1. The summed E-state index contributed by atoms with van der Waals surface area (Å²) in [6.07, 6.45) is 3.86. The largest absolute Gasteiger partial charge is 0.368 e. The van der Waals surface area contributed by atoms with Gasteiger partial charge in [-0.3, -0.25) is 4.79 Å². The van der Waals surface area contributed by atoms with Gasteiger partial charge < -0.3 is 9.64 Å². The van der Waals surface area contributed by atoms with E-state index in [0.29, 0.717) is 5.92 Å². The predicted molar refractivity (Wildman–Crippen MR) is 81.7 cm³/mol. The van der Waals surface area contributed by atoms with Crippen LogP contribution in [0.3, 0.4) is 0 Å². The number of benzene rings is 1. The third-order valence-corrected chi connectivity index (χ3v) is 4.88. The summed E-state index contributed by atoms with van der Waals surface area (Å²) in [5, 5.41) is 0. The fourth-order valence-electron chi connectivity index (χ4n) is 3.14. The van der Waals surface area contributed by atoms with Crippen LogP contribution in [0.5, 0.6) is 0 Å². The Morgan fingerprint density at radius 1 is 1.15 bits per heavy atom. The minimum absolute atomic E-state index is 0.167. The second-order valence-electron chi connectivity index (χ2n) is 5.65. The molecule has 0 bridgehead atoms. The van der Waals surface area contributed by atoms with Gasteiger partial charge in [-0.25, -0.2) is 0 Å². The van der Waals surface area contributed by atoms with Crippen LogP contribution in [0.1, 0.15) is 37.2 Å². The number of hydrogen-bond acceptors (Lipinski definition) is 2. The van der Waals surface area contributed by atoms with Gasteiger partial charge in [0.15, 0.2) is 0 Å². The molecule has 0 spiro atoms. The number of rotatable bonds is 2. The second-order valence-corrected chi connectivity index (χ2v) is 6.57. The molecule has 0 N–H and O–H groups in total. The van der Waals surface area contributed by atoms with E-state index < -0.39 is 0 Å². The summed E-state index contributed by atoms with van der Waals surface area (Å²) in [7, 11) is 0. The third-order valence-electron chi connectivity index (χ3n) is 4.35. The molecule has 1 aromatic rings. The van der Waals surface area contributed by atoms with E-state index in [-0.39, 0.29) is 12.0 Å². The van der Waals surface area contributed by atoms with Crippen molar-refractivity contribution in [2.24, 2.45) is 0 Å². The summed E-state index contributed by atoms with van der Waals surface area (Å²) < 4.78 is 6.61. The van der Waals surface area contributed by atoms with Crippen molar-refractivity contribution in [3.05, 3.63) is 34.3 Å². The van der Waals surface area contributed by atoms with Crippen LogP contribution >= 0.6 is 15.9 Å². The lowest BCUT2D eigenvalue weighted by atomic mass is 9.89. The summed E-state index contributed by atoms with van der Waals surface area (Å²) in [4.78, 5) is 14.3. The number of halogens is 1. The van der Waals surface area contributed by atoms with Gasteiger partial charge >= 0.3 is 0 Å². The Kier molecular flexibility index (Phi) is 4.41. The van der Waals surface area contributed by atoms with Gasteiger partial charge in [0.1, 0.15) is 6.10 Å². The van der Waals surface area contributed by atoms with Gasteiger partial charge in [0, 0.05) is 24.2 Å². The molecule has 1 unspecified atom stereocenters. The first kappa shape index (κ1) is 14.1. The van der Waals surface area contributed by atoms with E-state index in [2.05, 4.69) is 40.2 Å². The molecule has 3 rings (SSSR count). The standard InChI is InChI=1S/C16H20BrNO2/c17-14-5-3-12(4-6-14)13-7-9-18(10-8-13)16(19)15-2-1-11-20-15/h3-6,13,15H,1-2,7-11H2. The van der Waals surface area contributed by atoms with E-state index in [1.807, 2.05) is 4.90 Å². The lowest BCUT2D eigenvalue weighted by Gasteiger charge is -2.33. The molecule has 1 aromatic carbocycles. The van der Waals surface area contributed by atoms with Crippen molar-refractivity contribution < 1.29 is 9.53 Å². The zero-order valence-electron chi connectivity index (χ0n) is 11.6. The Morgan fingerprint density at radius 2 is 1.85 bits per heavy atom. The molecule has 1 atom stereocenters. The van der Waals surface area contributed by atoms with Crippen LogP contribution in [0.15, 0.2) is 28.7 Å². The fraction of sp³-hybridized carbons (Fsp3) is 0.562. The van der Waals surface area contributed by atoms with Crippen molar-refractivity contribution in [1.29, 1.82) is 0 Å². The Bertz CT molecular complexity index is 460. The highest BCUT2D eigenvalue weighted by Crippen LogP contribution is 2.29. The maximum Gasteiger partial charge on any atom is 0.251 e.